The third kappa shape index (κ3) is 4.81. The molecular weight excluding hydrogens is 699 g/mol. The van der Waals surface area contributed by atoms with E-state index in [1.165, 1.54) is 10.8 Å². The fourth-order valence-corrected chi connectivity index (χ4v) is 8.66. The highest BCUT2D eigenvalue weighted by molar-refractivity contribution is 6.32. The van der Waals surface area contributed by atoms with E-state index in [0.29, 0.717) is 17.5 Å². The molecule has 0 amide bonds. The molecule has 6 nitrogen and oxygen atoms in total. The Kier molecular flexibility index (Phi) is 6.83. The van der Waals surface area contributed by atoms with Gasteiger partial charge in [-0.15, -0.1) is 0 Å². The molecule has 6 heteroatoms. The van der Waals surface area contributed by atoms with Gasteiger partial charge in [-0.3, -0.25) is 0 Å². The Labute approximate surface area is 326 Å². The molecular formula is C51H31N5O. The van der Waals surface area contributed by atoms with Crippen molar-refractivity contribution in [1.29, 1.82) is 0 Å². The molecule has 0 bridgehead atoms. The summed E-state index contributed by atoms with van der Waals surface area (Å²) in [6.07, 6.45) is 0. The number of benzene rings is 8. The van der Waals surface area contributed by atoms with E-state index in [4.69, 9.17) is 19.4 Å². The van der Waals surface area contributed by atoms with Gasteiger partial charge in [0.15, 0.2) is 17.5 Å². The van der Waals surface area contributed by atoms with E-state index in [-0.39, 0.29) is 0 Å². The van der Waals surface area contributed by atoms with Crippen molar-refractivity contribution in [3.05, 3.63) is 188 Å². The Balaban J connectivity index is 1.18. The minimum absolute atomic E-state index is 0.611. The van der Waals surface area contributed by atoms with Crippen LogP contribution in [0.4, 0.5) is 0 Å². The van der Waals surface area contributed by atoms with E-state index in [0.717, 1.165) is 82.8 Å². The summed E-state index contributed by atoms with van der Waals surface area (Å²) < 4.78 is 11.6. The smallest absolute Gasteiger partial charge is 0.164 e. The van der Waals surface area contributed by atoms with E-state index in [1.54, 1.807) is 0 Å². The van der Waals surface area contributed by atoms with Crippen molar-refractivity contribution < 1.29 is 4.42 Å². The van der Waals surface area contributed by atoms with Crippen molar-refractivity contribution in [3.63, 3.8) is 0 Å². The molecule has 0 aliphatic heterocycles. The van der Waals surface area contributed by atoms with Gasteiger partial charge in [-0.05, 0) is 54.6 Å². The molecule has 0 fully saturated rings. The summed E-state index contributed by atoms with van der Waals surface area (Å²) in [5.74, 6) is 1.87. The Morgan fingerprint density at radius 2 is 0.895 bits per heavy atom. The van der Waals surface area contributed by atoms with Crippen LogP contribution in [0.25, 0.3) is 111 Å². The normalized spacial score (nSPS) is 11.9. The molecule has 12 aromatic rings. The van der Waals surface area contributed by atoms with E-state index >= 15 is 0 Å². The second-order valence-corrected chi connectivity index (χ2v) is 14.4. The molecule has 0 unspecified atom stereocenters. The molecule has 0 spiro atoms. The predicted molar refractivity (Wildman–Crippen MR) is 232 cm³/mol. The molecule has 0 N–H and O–H groups in total. The maximum Gasteiger partial charge on any atom is 0.164 e. The minimum atomic E-state index is 0.611. The second kappa shape index (κ2) is 12.3. The number of hydrogen-bond donors (Lipinski definition) is 0. The van der Waals surface area contributed by atoms with Crippen LogP contribution in [-0.2, 0) is 0 Å². The van der Waals surface area contributed by atoms with Crippen LogP contribution in [0.15, 0.2) is 192 Å². The third-order valence-corrected chi connectivity index (χ3v) is 11.1. The Morgan fingerprint density at radius 1 is 0.351 bits per heavy atom. The number of nitrogens with zero attached hydrogens (tertiary/aromatic N) is 5. The zero-order valence-corrected chi connectivity index (χ0v) is 30.5. The van der Waals surface area contributed by atoms with Gasteiger partial charge in [0, 0.05) is 55.0 Å². The van der Waals surface area contributed by atoms with Crippen molar-refractivity contribution in [2.75, 3.05) is 0 Å². The average molecular weight is 730 g/mol. The lowest BCUT2D eigenvalue weighted by Crippen LogP contribution is -2.01. The monoisotopic (exact) mass is 729 g/mol. The van der Waals surface area contributed by atoms with E-state index in [2.05, 4.69) is 130 Å². The number of furan rings is 1. The number of para-hydroxylation sites is 3. The molecule has 12 rings (SSSR count). The van der Waals surface area contributed by atoms with E-state index < -0.39 is 0 Å². The summed E-state index contributed by atoms with van der Waals surface area (Å²) in [4.78, 5) is 15.1. The van der Waals surface area contributed by atoms with Crippen LogP contribution in [0.1, 0.15) is 0 Å². The summed E-state index contributed by atoms with van der Waals surface area (Å²) in [7, 11) is 0. The molecule has 0 aliphatic rings. The lowest BCUT2D eigenvalue weighted by molar-refractivity contribution is 0.673. The first-order valence-electron chi connectivity index (χ1n) is 19.1. The zero-order chi connectivity index (χ0) is 37.5. The number of aromatic nitrogens is 5. The molecule has 0 aliphatic carbocycles. The van der Waals surface area contributed by atoms with Crippen molar-refractivity contribution in [3.8, 4) is 45.5 Å². The maximum atomic E-state index is 6.82. The van der Waals surface area contributed by atoms with Crippen LogP contribution in [0.2, 0.25) is 0 Å². The van der Waals surface area contributed by atoms with Gasteiger partial charge in [0.25, 0.3) is 0 Å². The van der Waals surface area contributed by atoms with Gasteiger partial charge in [-0.2, -0.15) is 0 Å². The molecule has 8 aromatic carbocycles. The Morgan fingerprint density at radius 3 is 1.61 bits per heavy atom. The summed E-state index contributed by atoms with van der Waals surface area (Å²) in [6, 6.07) is 65.4. The van der Waals surface area contributed by atoms with E-state index in [1.807, 2.05) is 66.7 Å². The Bertz CT molecular complexity index is 3450. The van der Waals surface area contributed by atoms with Crippen molar-refractivity contribution in [1.82, 2.24) is 24.1 Å². The van der Waals surface area contributed by atoms with Crippen LogP contribution in [-0.4, -0.2) is 24.1 Å². The summed E-state index contributed by atoms with van der Waals surface area (Å²) in [5.41, 5.74) is 11.1. The highest BCUT2D eigenvalue weighted by Crippen LogP contribution is 2.46. The molecule has 0 radical (unpaired) electrons. The topological polar surface area (TPSA) is 61.7 Å². The van der Waals surface area contributed by atoms with Crippen LogP contribution in [0.5, 0.6) is 0 Å². The number of fused-ring (bicyclic) bond motifs is 11. The highest BCUT2D eigenvalue weighted by atomic mass is 16.3. The maximum absolute atomic E-state index is 6.82. The minimum Gasteiger partial charge on any atom is -0.455 e. The number of hydrogen-bond acceptors (Lipinski definition) is 4. The van der Waals surface area contributed by atoms with Crippen molar-refractivity contribution in [2.24, 2.45) is 0 Å². The van der Waals surface area contributed by atoms with Crippen molar-refractivity contribution in [2.45, 2.75) is 0 Å². The molecule has 0 saturated carbocycles. The van der Waals surface area contributed by atoms with Gasteiger partial charge in [0.2, 0.25) is 0 Å². The largest absolute Gasteiger partial charge is 0.455 e. The zero-order valence-electron chi connectivity index (χ0n) is 30.5. The third-order valence-electron chi connectivity index (χ3n) is 11.1. The predicted octanol–water partition coefficient (Wildman–Crippen LogP) is 13.0. The molecule has 4 heterocycles. The van der Waals surface area contributed by atoms with Crippen LogP contribution >= 0.6 is 0 Å². The lowest BCUT2D eigenvalue weighted by Gasteiger charge is -2.12. The second-order valence-electron chi connectivity index (χ2n) is 14.4. The highest BCUT2D eigenvalue weighted by Gasteiger charge is 2.24. The summed E-state index contributed by atoms with van der Waals surface area (Å²) >= 11 is 0. The standard InChI is InChI=1S/C51H31N5O/c1-4-15-32(16-5-1)49-52-50(33-17-6-2-7-18-33)54-51(53-49)34-19-14-22-36(31-34)56-41-25-12-10-23-37(41)39-27-29-42-45(47(39)56)46-43(55(42)35-20-8-3-9-21-35)30-28-40-38-24-11-13-26-44(38)57-48(40)46/h1-31H. The summed E-state index contributed by atoms with van der Waals surface area (Å²) in [5, 5.41) is 6.78. The lowest BCUT2D eigenvalue weighted by atomic mass is 10.1. The van der Waals surface area contributed by atoms with Crippen molar-refractivity contribution >= 4 is 65.6 Å². The first kappa shape index (κ1) is 31.5. The van der Waals surface area contributed by atoms with Crippen LogP contribution in [0.3, 0.4) is 0 Å². The fraction of sp³-hybridized carbons (Fsp3) is 0. The Hall–Kier alpha value is -7.83. The van der Waals surface area contributed by atoms with Gasteiger partial charge in [0.1, 0.15) is 11.2 Å². The van der Waals surface area contributed by atoms with E-state index in [9.17, 15) is 0 Å². The average Bonchev–Trinajstić information content (AvgIpc) is 3.95. The SMILES string of the molecule is c1ccc(-c2nc(-c3ccccc3)nc(-c3cccc(-n4c5ccccc5c5ccc6c(c7c8oc9ccccc9c8ccc7n6-c6ccccc6)c54)c3)n2)cc1. The molecule has 0 saturated heterocycles. The quantitative estimate of drug-likeness (QED) is 0.177. The molecule has 4 aromatic heterocycles. The first-order valence-corrected chi connectivity index (χ1v) is 19.1. The van der Waals surface area contributed by atoms with Gasteiger partial charge >= 0.3 is 0 Å². The molecule has 0 atom stereocenters. The summed E-state index contributed by atoms with van der Waals surface area (Å²) in [6.45, 7) is 0. The van der Waals surface area contributed by atoms with Crippen LogP contribution < -0.4 is 0 Å². The number of rotatable bonds is 5. The fourth-order valence-electron chi connectivity index (χ4n) is 8.66. The molecule has 266 valence electrons. The van der Waals surface area contributed by atoms with Crippen LogP contribution in [0, 0.1) is 0 Å². The van der Waals surface area contributed by atoms with Gasteiger partial charge in [0.05, 0.1) is 27.5 Å². The molecule has 57 heavy (non-hydrogen) atoms. The first-order chi connectivity index (χ1) is 28.3. The van der Waals surface area contributed by atoms with Gasteiger partial charge in [-0.1, -0.05) is 133 Å². The van der Waals surface area contributed by atoms with Gasteiger partial charge < -0.3 is 13.6 Å². The van der Waals surface area contributed by atoms with Gasteiger partial charge in [-0.25, -0.2) is 15.0 Å².